The van der Waals surface area contributed by atoms with Crippen LogP contribution >= 0.6 is 0 Å². The van der Waals surface area contributed by atoms with Crippen LogP contribution in [0.25, 0.3) is 33.8 Å². The molecule has 5 heteroatoms. The highest BCUT2D eigenvalue weighted by atomic mass is 14.9. The molecular formula is C19H13N5. The second-order valence-corrected chi connectivity index (χ2v) is 5.16. The Bertz CT molecular complexity index is 941. The Morgan fingerprint density at radius 1 is 0.542 bits per heavy atom. The van der Waals surface area contributed by atoms with Gasteiger partial charge in [0.1, 0.15) is 0 Å². The fourth-order valence-electron chi connectivity index (χ4n) is 2.49. The highest BCUT2D eigenvalue weighted by Crippen LogP contribution is 2.31. The van der Waals surface area contributed by atoms with E-state index in [4.69, 9.17) is 4.98 Å². The number of nitrogens with zero attached hydrogens (tertiary/aromatic N) is 5. The Balaban J connectivity index is 1.92. The molecule has 0 spiro atoms. The van der Waals surface area contributed by atoms with Gasteiger partial charge in [-0.3, -0.25) is 15.0 Å². The topological polar surface area (TPSA) is 64.5 Å². The Morgan fingerprint density at radius 3 is 1.62 bits per heavy atom. The van der Waals surface area contributed by atoms with Gasteiger partial charge in [0.25, 0.3) is 0 Å². The molecule has 4 rings (SSSR count). The lowest BCUT2D eigenvalue weighted by atomic mass is 10.0. The number of rotatable bonds is 3. The highest BCUT2D eigenvalue weighted by molar-refractivity contribution is 5.81. The highest BCUT2D eigenvalue weighted by Gasteiger charge is 2.12. The molecule has 0 aliphatic heterocycles. The molecule has 0 saturated heterocycles. The molecule has 4 aromatic heterocycles. The molecule has 0 radical (unpaired) electrons. The van der Waals surface area contributed by atoms with E-state index in [9.17, 15) is 0 Å². The lowest BCUT2D eigenvalue weighted by Crippen LogP contribution is -1.96. The van der Waals surface area contributed by atoms with Crippen LogP contribution in [0.2, 0.25) is 0 Å². The van der Waals surface area contributed by atoms with Gasteiger partial charge in [-0.05, 0) is 42.0 Å². The quantitative estimate of drug-likeness (QED) is 0.577. The smallest absolute Gasteiger partial charge is 0.159 e. The Labute approximate surface area is 139 Å². The van der Waals surface area contributed by atoms with E-state index in [1.54, 1.807) is 37.2 Å². The van der Waals surface area contributed by atoms with Crippen LogP contribution in [-0.4, -0.2) is 24.9 Å². The van der Waals surface area contributed by atoms with Gasteiger partial charge in [0.2, 0.25) is 0 Å². The number of aromatic nitrogens is 5. The van der Waals surface area contributed by atoms with E-state index in [1.165, 1.54) is 0 Å². The SMILES string of the molecule is c1cc(-c2ncc(-c3ccncc3)c(-c3ccncc3)n2)ccn1. The molecule has 0 saturated carbocycles. The molecule has 0 aromatic carbocycles. The molecule has 24 heavy (non-hydrogen) atoms. The van der Waals surface area contributed by atoms with Gasteiger partial charge in [-0.1, -0.05) is 0 Å². The largest absolute Gasteiger partial charge is 0.265 e. The Hall–Kier alpha value is -3.47. The average Bonchev–Trinajstić information content (AvgIpc) is 2.69. The van der Waals surface area contributed by atoms with Gasteiger partial charge >= 0.3 is 0 Å². The Kier molecular flexibility index (Phi) is 3.73. The predicted molar refractivity (Wildman–Crippen MR) is 91.7 cm³/mol. The van der Waals surface area contributed by atoms with Gasteiger partial charge in [0.15, 0.2) is 5.82 Å². The first-order chi connectivity index (χ1) is 11.9. The van der Waals surface area contributed by atoms with Crippen molar-refractivity contribution in [2.45, 2.75) is 0 Å². The fourth-order valence-corrected chi connectivity index (χ4v) is 2.49. The molecule has 5 nitrogen and oxygen atoms in total. The van der Waals surface area contributed by atoms with Crippen LogP contribution in [0.4, 0.5) is 0 Å². The van der Waals surface area contributed by atoms with Crippen LogP contribution in [0.5, 0.6) is 0 Å². The molecular weight excluding hydrogens is 298 g/mol. The van der Waals surface area contributed by atoms with Crippen molar-refractivity contribution in [1.82, 2.24) is 24.9 Å². The number of pyridine rings is 3. The molecule has 0 unspecified atom stereocenters. The molecule has 4 heterocycles. The summed E-state index contributed by atoms with van der Waals surface area (Å²) in [5.41, 5.74) is 4.78. The van der Waals surface area contributed by atoms with Crippen LogP contribution in [0.15, 0.2) is 79.8 Å². The molecule has 0 bridgehead atoms. The third kappa shape index (κ3) is 2.75. The lowest BCUT2D eigenvalue weighted by molar-refractivity contribution is 1.17. The molecule has 0 atom stereocenters. The maximum absolute atomic E-state index is 4.80. The van der Waals surface area contributed by atoms with Crippen LogP contribution in [0.1, 0.15) is 0 Å². The summed E-state index contributed by atoms with van der Waals surface area (Å²) in [6, 6.07) is 11.6. The first-order valence-corrected chi connectivity index (χ1v) is 7.50. The fraction of sp³-hybridized carbons (Fsp3) is 0. The number of hydrogen-bond acceptors (Lipinski definition) is 5. The zero-order chi connectivity index (χ0) is 16.2. The maximum atomic E-state index is 4.80. The summed E-state index contributed by atoms with van der Waals surface area (Å²) in [7, 11) is 0. The van der Waals surface area contributed by atoms with Gasteiger partial charge in [0.05, 0.1) is 5.69 Å². The second kappa shape index (κ2) is 6.34. The van der Waals surface area contributed by atoms with Gasteiger partial charge in [-0.15, -0.1) is 0 Å². The number of hydrogen-bond donors (Lipinski definition) is 0. The van der Waals surface area contributed by atoms with Gasteiger partial charge in [-0.25, -0.2) is 9.97 Å². The van der Waals surface area contributed by atoms with Crippen molar-refractivity contribution in [2.75, 3.05) is 0 Å². The van der Waals surface area contributed by atoms with Crippen molar-refractivity contribution in [3.8, 4) is 33.8 Å². The lowest BCUT2D eigenvalue weighted by Gasteiger charge is -2.10. The van der Waals surface area contributed by atoms with Crippen LogP contribution in [-0.2, 0) is 0 Å². The van der Waals surface area contributed by atoms with Crippen LogP contribution in [0.3, 0.4) is 0 Å². The van der Waals surface area contributed by atoms with E-state index >= 15 is 0 Å². The summed E-state index contributed by atoms with van der Waals surface area (Å²) in [5.74, 6) is 0.669. The summed E-state index contributed by atoms with van der Waals surface area (Å²) in [5, 5.41) is 0. The van der Waals surface area contributed by atoms with E-state index in [0.29, 0.717) is 5.82 Å². The van der Waals surface area contributed by atoms with Crippen molar-refractivity contribution < 1.29 is 0 Å². The summed E-state index contributed by atoms with van der Waals surface area (Å²) in [6.45, 7) is 0. The van der Waals surface area contributed by atoms with Gasteiger partial charge < -0.3 is 0 Å². The van der Waals surface area contributed by atoms with E-state index in [-0.39, 0.29) is 0 Å². The van der Waals surface area contributed by atoms with E-state index in [2.05, 4.69) is 19.9 Å². The summed E-state index contributed by atoms with van der Waals surface area (Å²) in [4.78, 5) is 21.6. The van der Waals surface area contributed by atoms with Gasteiger partial charge in [0, 0.05) is 60.1 Å². The average molecular weight is 311 g/mol. The molecule has 114 valence electrons. The zero-order valence-electron chi connectivity index (χ0n) is 12.7. The van der Waals surface area contributed by atoms with E-state index in [1.807, 2.05) is 42.6 Å². The first-order valence-electron chi connectivity index (χ1n) is 7.50. The standard InChI is InChI=1S/C19H13N5/c1-7-20-8-2-14(1)17-13-23-19(16-5-11-22-12-6-16)24-18(17)15-3-9-21-10-4-15/h1-13H. The van der Waals surface area contributed by atoms with Crippen LogP contribution < -0.4 is 0 Å². The summed E-state index contributed by atoms with van der Waals surface area (Å²) in [6.07, 6.45) is 12.4. The normalized spacial score (nSPS) is 10.5. The van der Waals surface area contributed by atoms with Gasteiger partial charge in [-0.2, -0.15) is 0 Å². The third-order valence-corrected chi connectivity index (χ3v) is 3.67. The van der Waals surface area contributed by atoms with Crippen molar-refractivity contribution in [2.24, 2.45) is 0 Å². The summed E-state index contributed by atoms with van der Waals surface area (Å²) >= 11 is 0. The molecule has 4 aromatic rings. The summed E-state index contributed by atoms with van der Waals surface area (Å²) < 4.78 is 0. The first kappa shape index (κ1) is 14.1. The van der Waals surface area contributed by atoms with Crippen molar-refractivity contribution >= 4 is 0 Å². The minimum Gasteiger partial charge on any atom is -0.265 e. The van der Waals surface area contributed by atoms with E-state index < -0.39 is 0 Å². The minimum absolute atomic E-state index is 0.669. The minimum atomic E-state index is 0.669. The van der Waals surface area contributed by atoms with E-state index in [0.717, 1.165) is 27.9 Å². The molecule has 0 fully saturated rings. The second-order valence-electron chi connectivity index (χ2n) is 5.16. The van der Waals surface area contributed by atoms with Crippen molar-refractivity contribution in [3.05, 3.63) is 79.8 Å². The zero-order valence-corrected chi connectivity index (χ0v) is 12.7. The third-order valence-electron chi connectivity index (χ3n) is 3.67. The molecule has 0 aliphatic carbocycles. The van der Waals surface area contributed by atoms with Crippen molar-refractivity contribution in [3.63, 3.8) is 0 Å². The monoisotopic (exact) mass is 311 g/mol. The predicted octanol–water partition coefficient (Wildman–Crippen LogP) is 3.66. The maximum Gasteiger partial charge on any atom is 0.159 e. The van der Waals surface area contributed by atoms with Crippen LogP contribution in [0, 0.1) is 0 Å². The molecule has 0 amide bonds. The van der Waals surface area contributed by atoms with Crippen molar-refractivity contribution in [1.29, 1.82) is 0 Å². The molecule has 0 aliphatic rings. The Morgan fingerprint density at radius 2 is 1.04 bits per heavy atom. The molecule has 0 N–H and O–H groups in total.